The molecule has 0 aliphatic carbocycles. The molecule has 0 aliphatic heterocycles. The number of hydrogen-bond donors (Lipinski definition) is 0. The SMILES string of the molecule is CCCCCCCCOC(=O)c1ccccc1C(=O)OCCCCCCCC.[H-].[Li+]. The van der Waals surface area contributed by atoms with E-state index in [1.807, 2.05) is 0 Å². The molecule has 0 spiro atoms. The van der Waals surface area contributed by atoms with Gasteiger partial charge in [0.05, 0.1) is 24.3 Å². The van der Waals surface area contributed by atoms with E-state index in [4.69, 9.17) is 9.47 Å². The largest absolute Gasteiger partial charge is 1.00 e. The summed E-state index contributed by atoms with van der Waals surface area (Å²) < 4.78 is 10.7. The van der Waals surface area contributed by atoms with Crippen molar-refractivity contribution in [2.24, 2.45) is 0 Å². The van der Waals surface area contributed by atoms with E-state index < -0.39 is 11.9 Å². The van der Waals surface area contributed by atoms with Crippen LogP contribution in [0.4, 0.5) is 0 Å². The molecule has 1 rings (SSSR count). The number of esters is 2. The van der Waals surface area contributed by atoms with Crippen LogP contribution in [0.2, 0.25) is 0 Å². The fraction of sp³-hybridized carbons (Fsp3) is 0.667. The third-order valence-corrected chi connectivity index (χ3v) is 4.83. The van der Waals surface area contributed by atoms with Gasteiger partial charge in [0.25, 0.3) is 0 Å². The Balaban J connectivity index is 0. The molecule has 0 saturated carbocycles. The maximum Gasteiger partial charge on any atom is 1.00 e. The van der Waals surface area contributed by atoms with Crippen LogP contribution in [0.25, 0.3) is 0 Å². The number of carbonyl (C=O) groups excluding carboxylic acids is 2. The summed E-state index contributed by atoms with van der Waals surface area (Å²) >= 11 is 0. The summed E-state index contributed by atoms with van der Waals surface area (Å²) in [5.74, 6) is -0.888. The maximum atomic E-state index is 12.4. The van der Waals surface area contributed by atoms with Crippen molar-refractivity contribution in [3.05, 3.63) is 35.4 Å². The van der Waals surface area contributed by atoms with Crippen molar-refractivity contribution in [1.29, 1.82) is 0 Å². The van der Waals surface area contributed by atoms with Crippen LogP contribution in [0.15, 0.2) is 24.3 Å². The van der Waals surface area contributed by atoms with Crippen LogP contribution >= 0.6 is 0 Å². The summed E-state index contributed by atoms with van der Waals surface area (Å²) in [4.78, 5) is 24.7. The Bertz CT molecular complexity index is 517. The van der Waals surface area contributed by atoms with Gasteiger partial charge in [-0.2, -0.15) is 0 Å². The molecule has 0 radical (unpaired) electrons. The van der Waals surface area contributed by atoms with Gasteiger partial charge in [-0.15, -0.1) is 0 Å². The van der Waals surface area contributed by atoms with Gasteiger partial charge in [-0.25, -0.2) is 9.59 Å². The Morgan fingerprint density at radius 2 is 1.00 bits per heavy atom. The molecule has 0 heterocycles. The van der Waals surface area contributed by atoms with E-state index in [2.05, 4.69) is 13.8 Å². The van der Waals surface area contributed by atoms with Crippen molar-refractivity contribution in [1.82, 2.24) is 0 Å². The number of hydrogen-bond acceptors (Lipinski definition) is 4. The molecule has 0 amide bonds. The van der Waals surface area contributed by atoms with Crippen LogP contribution in [0.5, 0.6) is 0 Å². The molecule has 0 atom stereocenters. The molecule has 0 fully saturated rings. The Morgan fingerprint density at radius 3 is 1.38 bits per heavy atom. The third-order valence-electron chi connectivity index (χ3n) is 4.83. The van der Waals surface area contributed by atoms with E-state index in [-0.39, 0.29) is 20.3 Å². The van der Waals surface area contributed by atoms with Crippen molar-refractivity contribution >= 4 is 11.9 Å². The Labute approximate surface area is 190 Å². The first-order valence-corrected chi connectivity index (χ1v) is 11.1. The van der Waals surface area contributed by atoms with Crippen LogP contribution < -0.4 is 18.9 Å². The minimum absolute atomic E-state index is 0. The van der Waals surface area contributed by atoms with Crippen LogP contribution in [-0.4, -0.2) is 25.2 Å². The van der Waals surface area contributed by atoms with Gasteiger partial charge in [0.2, 0.25) is 0 Å². The minimum atomic E-state index is -0.444. The quantitative estimate of drug-likeness (QED) is 0.241. The van der Waals surface area contributed by atoms with Gasteiger partial charge >= 0.3 is 30.8 Å². The third kappa shape index (κ3) is 12.8. The zero-order chi connectivity index (χ0) is 20.5. The summed E-state index contributed by atoms with van der Waals surface area (Å²) in [5.41, 5.74) is 0.586. The predicted octanol–water partition coefficient (Wildman–Crippen LogP) is 3.84. The first-order chi connectivity index (χ1) is 13.7. The van der Waals surface area contributed by atoms with Crippen molar-refractivity contribution in [3.63, 3.8) is 0 Å². The summed E-state index contributed by atoms with van der Waals surface area (Å²) in [5, 5.41) is 0. The summed E-state index contributed by atoms with van der Waals surface area (Å²) in [7, 11) is 0. The Hall–Kier alpha value is -1.24. The van der Waals surface area contributed by atoms with Gasteiger partial charge in [-0.05, 0) is 25.0 Å². The van der Waals surface area contributed by atoms with E-state index in [1.54, 1.807) is 24.3 Å². The van der Waals surface area contributed by atoms with E-state index >= 15 is 0 Å². The molecule has 1 aromatic carbocycles. The second-order valence-electron chi connectivity index (χ2n) is 7.35. The average molecular weight is 399 g/mol. The van der Waals surface area contributed by atoms with Crippen LogP contribution in [0.1, 0.15) is 113 Å². The zero-order valence-electron chi connectivity index (χ0n) is 19.8. The molecule has 0 aliphatic rings. The van der Waals surface area contributed by atoms with Crippen molar-refractivity contribution in [2.75, 3.05) is 13.2 Å². The van der Waals surface area contributed by atoms with E-state index in [9.17, 15) is 9.59 Å². The van der Waals surface area contributed by atoms with Crippen LogP contribution in [0, 0.1) is 0 Å². The van der Waals surface area contributed by atoms with Crippen molar-refractivity contribution in [2.45, 2.75) is 90.9 Å². The molecular weight excluding hydrogens is 359 g/mol. The minimum Gasteiger partial charge on any atom is -1.00 e. The van der Waals surface area contributed by atoms with E-state index in [0.717, 1.165) is 25.7 Å². The van der Waals surface area contributed by atoms with Gasteiger partial charge < -0.3 is 10.9 Å². The number of unbranched alkanes of at least 4 members (excludes halogenated alkanes) is 10. The molecule has 4 nitrogen and oxygen atoms in total. The second kappa shape index (κ2) is 18.8. The molecular formula is C24H39LiO4. The van der Waals surface area contributed by atoms with Crippen LogP contribution in [0.3, 0.4) is 0 Å². The summed E-state index contributed by atoms with van der Waals surface area (Å²) in [6.07, 6.45) is 13.6. The number of carbonyl (C=O) groups is 2. The molecule has 0 N–H and O–H groups in total. The van der Waals surface area contributed by atoms with Crippen molar-refractivity contribution in [3.8, 4) is 0 Å². The summed E-state index contributed by atoms with van der Waals surface area (Å²) in [6.45, 7) is 5.17. The van der Waals surface area contributed by atoms with E-state index in [1.165, 1.54) is 51.4 Å². The van der Waals surface area contributed by atoms with Gasteiger partial charge in [0.1, 0.15) is 0 Å². The predicted molar refractivity (Wildman–Crippen MR) is 115 cm³/mol. The van der Waals surface area contributed by atoms with Gasteiger partial charge in [-0.3, -0.25) is 0 Å². The standard InChI is InChI=1S/C24H38O4.Li.H/c1-3-5-7-9-11-15-19-27-23(25)21-17-13-14-18-22(21)24(26)28-20-16-12-10-8-6-4-2;;/h13-14,17-18H,3-12,15-16,19-20H2,1-2H3;;/q;+1;-1. The Kier molecular flexibility index (Phi) is 18.0. The molecule has 0 aromatic heterocycles. The van der Waals surface area contributed by atoms with Crippen molar-refractivity contribution < 1.29 is 39.4 Å². The maximum absolute atomic E-state index is 12.4. The first-order valence-electron chi connectivity index (χ1n) is 11.1. The fourth-order valence-electron chi connectivity index (χ4n) is 3.09. The molecule has 0 saturated heterocycles. The fourth-order valence-corrected chi connectivity index (χ4v) is 3.09. The van der Waals surface area contributed by atoms with E-state index in [0.29, 0.717) is 24.3 Å². The van der Waals surface area contributed by atoms with Gasteiger partial charge in [0.15, 0.2) is 0 Å². The van der Waals surface area contributed by atoms with Crippen LogP contribution in [-0.2, 0) is 9.47 Å². The smallest absolute Gasteiger partial charge is 1.00 e. The molecule has 29 heavy (non-hydrogen) atoms. The first kappa shape index (κ1) is 27.8. The zero-order valence-corrected chi connectivity index (χ0v) is 18.8. The summed E-state index contributed by atoms with van der Waals surface area (Å²) in [6, 6.07) is 6.74. The van der Waals surface area contributed by atoms with Gasteiger partial charge in [0, 0.05) is 0 Å². The monoisotopic (exact) mass is 398 g/mol. The molecule has 160 valence electrons. The molecule has 0 unspecified atom stereocenters. The molecule has 5 heteroatoms. The second-order valence-corrected chi connectivity index (χ2v) is 7.35. The Morgan fingerprint density at radius 1 is 0.655 bits per heavy atom. The normalized spacial score (nSPS) is 10.3. The topological polar surface area (TPSA) is 52.6 Å². The average Bonchev–Trinajstić information content (AvgIpc) is 2.72. The number of rotatable bonds is 16. The molecule has 1 aromatic rings. The number of benzene rings is 1. The molecule has 0 bridgehead atoms. The van der Waals surface area contributed by atoms with Gasteiger partial charge in [-0.1, -0.05) is 90.2 Å². The number of ether oxygens (including phenoxy) is 2.